The molecule has 5 heteroatoms. The van der Waals surface area contributed by atoms with Crippen LogP contribution in [0.1, 0.15) is 5.56 Å². The minimum atomic E-state index is 0.718. The summed E-state index contributed by atoms with van der Waals surface area (Å²) in [6.07, 6.45) is 1.78. The summed E-state index contributed by atoms with van der Waals surface area (Å²) in [6.45, 7) is 2.07. The molecule has 106 valence electrons. The lowest BCUT2D eigenvalue weighted by Gasteiger charge is -2.13. The largest absolute Gasteiger partial charge is 0.398 e. The smallest absolute Gasteiger partial charge is 0.0958 e. The molecule has 21 heavy (non-hydrogen) atoms. The molecule has 3 rings (SSSR count). The van der Waals surface area contributed by atoms with Gasteiger partial charge in [0.05, 0.1) is 11.2 Å². The van der Waals surface area contributed by atoms with Gasteiger partial charge in [0.2, 0.25) is 0 Å². The monoisotopic (exact) mass is 405 g/mol. The zero-order valence-corrected chi connectivity index (χ0v) is 14.5. The number of pyridine rings is 1. The number of aromatic nitrogens is 1. The van der Waals surface area contributed by atoms with Gasteiger partial charge in [-0.05, 0) is 58.7 Å². The van der Waals surface area contributed by atoms with Crippen molar-refractivity contribution in [2.45, 2.75) is 6.92 Å². The van der Waals surface area contributed by atoms with Crippen molar-refractivity contribution < 1.29 is 0 Å². The highest BCUT2D eigenvalue weighted by Gasteiger charge is 2.08. The summed E-state index contributed by atoms with van der Waals surface area (Å²) in [5, 5.41) is 4.37. The van der Waals surface area contributed by atoms with E-state index in [0.717, 1.165) is 42.5 Å². The summed E-state index contributed by atoms with van der Waals surface area (Å²) in [5.41, 5.74) is 10.8. The van der Waals surface area contributed by atoms with Crippen LogP contribution < -0.4 is 11.1 Å². The van der Waals surface area contributed by atoms with E-state index in [1.54, 1.807) is 6.20 Å². The molecule has 0 amide bonds. The molecule has 0 saturated heterocycles. The van der Waals surface area contributed by atoms with Gasteiger partial charge in [0.25, 0.3) is 0 Å². The Hall–Kier alpha value is -1.59. The van der Waals surface area contributed by atoms with Crippen LogP contribution in [0.15, 0.2) is 51.5 Å². The molecular formula is C16H13Br2N3. The standard InChI is InChI=1S/C16H13Br2N3/c1-9-12(18)3-2-4-14(9)21-15-6-5-13(19)11-7-10(17)8-20-16(11)15/h2-8,21H,19H2,1H3. The van der Waals surface area contributed by atoms with Gasteiger partial charge in [-0.3, -0.25) is 4.98 Å². The maximum Gasteiger partial charge on any atom is 0.0958 e. The second kappa shape index (κ2) is 5.66. The molecule has 1 aromatic heterocycles. The Morgan fingerprint density at radius 3 is 2.71 bits per heavy atom. The van der Waals surface area contributed by atoms with Crippen molar-refractivity contribution in [2.24, 2.45) is 0 Å². The van der Waals surface area contributed by atoms with E-state index in [2.05, 4.69) is 49.1 Å². The number of anilines is 3. The lowest BCUT2D eigenvalue weighted by molar-refractivity contribution is 1.37. The van der Waals surface area contributed by atoms with E-state index < -0.39 is 0 Å². The third-order valence-corrected chi connectivity index (χ3v) is 4.68. The molecular weight excluding hydrogens is 394 g/mol. The molecule has 0 atom stereocenters. The summed E-state index contributed by atoms with van der Waals surface area (Å²) in [4.78, 5) is 4.49. The van der Waals surface area contributed by atoms with Crippen molar-refractivity contribution in [2.75, 3.05) is 11.1 Å². The van der Waals surface area contributed by atoms with Crippen LogP contribution in [-0.4, -0.2) is 4.98 Å². The third-order valence-electron chi connectivity index (χ3n) is 3.39. The number of fused-ring (bicyclic) bond motifs is 1. The molecule has 0 unspecified atom stereocenters. The lowest BCUT2D eigenvalue weighted by atomic mass is 10.1. The zero-order chi connectivity index (χ0) is 15.0. The Balaban J connectivity index is 2.13. The van der Waals surface area contributed by atoms with E-state index >= 15 is 0 Å². The number of rotatable bonds is 2. The van der Waals surface area contributed by atoms with Crippen LogP contribution >= 0.6 is 31.9 Å². The highest BCUT2D eigenvalue weighted by atomic mass is 79.9. The minimum Gasteiger partial charge on any atom is -0.398 e. The molecule has 0 saturated carbocycles. The molecule has 0 aliphatic carbocycles. The first-order chi connectivity index (χ1) is 10.1. The molecule has 0 radical (unpaired) electrons. The quantitative estimate of drug-likeness (QED) is 0.560. The molecule has 2 aromatic carbocycles. The van der Waals surface area contributed by atoms with Gasteiger partial charge in [-0.15, -0.1) is 0 Å². The summed E-state index contributed by atoms with van der Waals surface area (Å²) >= 11 is 6.98. The van der Waals surface area contributed by atoms with Crippen molar-refractivity contribution in [1.82, 2.24) is 4.98 Å². The van der Waals surface area contributed by atoms with Crippen molar-refractivity contribution in [3.05, 3.63) is 57.1 Å². The molecule has 3 N–H and O–H groups in total. The number of halogens is 2. The van der Waals surface area contributed by atoms with Gasteiger partial charge < -0.3 is 11.1 Å². The van der Waals surface area contributed by atoms with Crippen LogP contribution in [0.3, 0.4) is 0 Å². The fourth-order valence-corrected chi connectivity index (χ4v) is 2.90. The number of benzene rings is 2. The van der Waals surface area contributed by atoms with Gasteiger partial charge in [-0.1, -0.05) is 22.0 Å². The molecule has 0 aliphatic heterocycles. The number of nitrogens with one attached hydrogen (secondary N) is 1. The molecule has 1 heterocycles. The third kappa shape index (κ3) is 2.76. The number of nitrogen functional groups attached to an aromatic ring is 1. The number of hydrogen-bond donors (Lipinski definition) is 2. The molecule has 0 fully saturated rings. The second-order valence-electron chi connectivity index (χ2n) is 4.79. The minimum absolute atomic E-state index is 0.718. The second-order valence-corrected chi connectivity index (χ2v) is 6.56. The number of hydrogen-bond acceptors (Lipinski definition) is 3. The number of nitrogens with zero attached hydrogens (tertiary/aromatic N) is 1. The molecule has 0 spiro atoms. The van der Waals surface area contributed by atoms with Crippen LogP contribution in [0.25, 0.3) is 10.9 Å². The van der Waals surface area contributed by atoms with Crippen molar-refractivity contribution >= 4 is 59.8 Å². The van der Waals surface area contributed by atoms with Gasteiger partial charge in [-0.2, -0.15) is 0 Å². The van der Waals surface area contributed by atoms with E-state index in [0.29, 0.717) is 0 Å². The Morgan fingerprint density at radius 1 is 1.10 bits per heavy atom. The van der Waals surface area contributed by atoms with E-state index in [1.165, 1.54) is 0 Å². The SMILES string of the molecule is Cc1c(Br)cccc1Nc1ccc(N)c2cc(Br)cnc12. The summed E-state index contributed by atoms with van der Waals surface area (Å²) in [6, 6.07) is 11.9. The predicted molar refractivity (Wildman–Crippen MR) is 96.0 cm³/mol. The Bertz CT molecular complexity index is 831. The molecule has 3 aromatic rings. The Kier molecular flexibility index (Phi) is 3.87. The maximum atomic E-state index is 6.05. The average Bonchev–Trinajstić information content (AvgIpc) is 2.47. The van der Waals surface area contributed by atoms with Crippen LogP contribution in [0, 0.1) is 6.92 Å². The van der Waals surface area contributed by atoms with Gasteiger partial charge in [-0.25, -0.2) is 0 Å². The molecule has 3 nitrogen and oxygen atoms in total. The van der Waals surface area contributed by atoms with E-state index in [-0.39, 0.29) is 0 Å². The van der Waals surface area contributed by atoms with Crippen LogP contribution in [-0.2, 0) is 0 Å². The topological polar surface area (TPSA) is 50.9 Å². The van der Waals surface area contributed by atoms with Crippen molar-refractivity contribution in [3.8, 4) is 0 Å². The zero-order valence-electron chi connectivity index (χ0n) is 11.3. The summed E-state index contributed by atoms with van der Waals surface area (Å²) in [7, 11) is 0. The van der Waals surface area contributed by atoms with E-state index in [4.69, 9.17) is 5.73 Å². The first kappa shape index (κ1) is 14.4. The summed E-state index contributed by atoms with van der Waals surface area (Å²) in [5.74, 6) is 0. The average molecular weight is 407 g/mol. The fraction of sp³-hybridized carbons (Fsp3) is 0.0625. The van der Waals surface area contributed by atoms with Crippen LogP contribution in [0.4, 0.5) is 17.1 Å². The normalized spacial score (nSPS) is 10.8. The van der Waals surface area contributed by atoms with Gasteiger partial charge in [0, 0.05) is 31.9 Å². The Morgan fingerprint density at radius 2 is 1.90 bits per heavy atom. The van der Waals surface area contributed by atoms with Gasteiger partial charge in [0.15, 0.2) is 0 Å². The van der Waals surface area contributed by atoms with Crippen LogP contribution in [0.2, 0.25) is 0 Å². The summed E-state index contributed by atoms with van der Waals surface area (Å²) < 4.78 is 1.99. The van der Waals surface area contributed by atoms with Crippen molar-refractivity contribution in [3.63, 3.8) is 0 Å². The maximum absolute atomic E-state index is 6.05. The lowest BCUT2D eigenvalue weighted by Crippen LogP contribution is -1.97. The first-order valence-corrected chi connectivity index (χ1v) is 8.01. The predicted octanol–water partition coefficient (Wildman–Crippen LogP) is 5.39. The Labute approximate surface area is 139 Å². The highest BCUT2D eigenvalue weighted by molar-refractivity contribution is 9.10. The molecule has 0 aliphatic rings. The van der Waals surface area contributed by atoms with Gasteiger partial charge in [0.1, 0.15) is 0 Å². The highest BCUT2D eigenvalue weighted by Crippen LogP contribution is 2.32. The molecule has 0 bridgehead atoms. The van der Waals surface area contributed by atoms with Crippen LogP contribution in [0.5, 0.6) is 0 Å². The number of nitrogens with two attached hydrogens (primary N) is 1. The van der Waals surface area contributed by atoms with Crippen molar-refractivity contribution in [1.29, 1.82) is 0 Å². The first-order valence-electron chi connectivity index (χ1n) is 6.42. The van der Waals surface area contributed by atoms with E-state index in [1.807, 2.05) is 36.4 Å². The fourth-order valence-electron chi connectivity index (χ4n) is 2.20. The van der Waals surface area contributed by atoms with Gasteiger partial charge >= 0.3 is 0 Å². The van der Waals surface area contributed by atoms with E-state index in [9.17, 15) is 0 Å².